The zero-order valence-electron chi connectivity index (χ0n) is 24.4. The molecule has 0 radical (unpaired) electrons. The van der Waals surface area contributed by atoms with Crippen molar-refractivity contribution in [3.63, 3.8) is 0 Å². The summed E-state index contributed by atoms with van der Waals surface area (Å²) < 4.78 is 15.5. The summed E-state index contributed by atoms with van der Waals surface area (Å²) in [5.41, 5.74) is 5.91. The number of rotatable bonds is 6. The molecule has 2 aliphatic heterocycles. The van der Waals surface area contributed by atoms with Crippen LogP contribution in [-0.2, 0) is 24.8 Å². The number of likely N-dealkylation sites (tertiary alicyclic amines) is 1. The number of methoxy groups -OCH3 is 1. The Labute approximate surface area is 246 Å². The van der Waals surface area contributed by atoms with Crippen LogP contribution in [0.3, 0.4) is 0 Å². The summed E-state index contributed by atoms with van der Waals surface area (Å²) in [7, 11) is 1.72. The Morgan fingerprint density at radius 2 is 1.98 bits per heavy atom. The first-order chi connectivity index (χ1) is 20.5. The summed E-state index contributed by atoms with van der Waals surface area (Å²) in [5, 5.41) is 26.6. The van der Waals surface area contributed by atoms with E-state index in [1.165, 1.54) is 62.5 Å². The van der Waals surface area contributed by atoms with Gasteiger partial charge in [0, 0.05) is 48.3 Å². The molecule has 1 saturated heterocycles. The molecule has 1 N–H and O–H groups in total. The summed E-state index contributed by atoms with van der Waals surface area (Å²) in [6, 6.07) is 17.7. The van der Waals surface area contributed by atoms with Gasteiger partial charge >= 0.3 is 0 Å². The molecule has 1 aromatic heterocycles. The molecule has 3 aliphatic carbocycles. The third-order valence-corrected chi connectivity index (χ3v) is 11.5. The number of piperidine rings is 1. The standard InChI is InChI=1S/C36H37N3O3/c1-21-17-26-27-19-36(40)29-18-23-11-12-28(41-2)33-30(23)35(36,13-16-38(29)20-22-9-10-22)34(42-33)32(27)39(15-6-5-14-37)31(26)25-8-4-3-7-24(21)25/h3-4,7-8,11-12,17,22,29,34,40H,5-6,9-10,13,15-16,18-20H2,1-2H3/t29-,34?,35+,36?/m1/s1. The van der Waals surface area contributed by atoms with Gasteiger partial charge in [0.15, 0.2) is 17.6 Å². The fraction of sp³-hybridized carbons (Fsp3) is 0.472. The van der Waals surface area contributed by atoms with Gasteiger partial charge in [0.1, 0.15) is 0 Å². The van der Waals surface area contributed by atoms with Crippen molar-refractivity contribution in [3.8, 4) is 17.6 Å². The molecular formula is C36H37N3O3. The molecule has 214 valence electrons. The van der Waals surface area contributed by atoms with Crippen LogP contribution in [0.1, 0.15) is 66.2 Å². The lowest BCUT2D eigenvalue weighted by Gasteiger charge is -2.63. The highest BCUT2D eigenvalue weighted by atomic mass is 16.5. The van der Waals surface area contributed by atoms with Gasteiger partial charge in [-0.2, -0.15) is 5.26 Å². The Morgan fingerprint density at radius 1 is 1.14 bits per heavy atom. The molecule has 6 heteroatoms. The first-order valence-corrected chi connectivity index (χ1v) is 15.7. The number of aliphatic hydroxyl groups is 1. The van der Waals surface area contributed by atoms with Gasteiger partial charge in [-0.05, 0) is 85.7 Å². The molecule has 1 saturated carbocycles. The Morgan fingerprint density at radius 3 is 2.76 bits per heavy atom. The van der Waals surface area contributed by atoms with Gasteiger partial charge in [-0.1, -0.05) is 30.3 Å². The Balaban J connectivity index is 1.36. The highest BCUT2D eigenvalue weighted by Crippen LogP contribution is 2.69. The van der Waals surface area contributed by atoms with Gasteiger partial charge in [0.2, 0.25) is 0 Å². The molecule has 4 aromatic rings. The number of fused-ring (bicyclic) bond motifs is 6. The molecule has 6 nitrogen and oxygen atoms in total. The van der Waals surface area contributed by atoms with Gasteiger partial charge in [-0.25, -0.2) is 0 Å². The van der Waals surface area contributed by atoms with Crippen LogP contribution in [0.5, 0.6) is 11.5 Å². The van der Waals surface area contributed by atoms with Crippen molar-refractivity contribution in [2.45, 2.75) is 81.6 Å². The number of nitriles is 1. The summed E-state index contributed by atoms with van der Waals surface area (Å²) in [6.07, 6.45) is 5.91. The van der Waals surface area contributed by atoms with Crippen molar-refractivity contribution >= 4 is 21.7 Å². The molecule has 5 aliphatic rings. The van der Waals surface area contributed by atoms with Crippen LogP contribution < -0.4 is 9.47 Å². The van der Waals surface area contributed by atoms with Crippen LogP contribution >= 0.6 is 0 Å². The number of unbranched alkanes of at least 4 members (excludes halogenated alkanes) is 1. The third kappa shape index (κ3) is 2.96. The van der Waals surface area contributed by atoms with Crippen molar-refractivity contribution in [2.75, 3.05) is 20.2 Å². The van der Waals surface area contributed by atoms with Gasteiger partial charge in [-0.3, -0.25) is 4.90 Å². The highest BCUT2D eigenvalue weighted by molar-refractivity contribution is 6.09. The van der Waals surface area contributed by atoms with Crippen LogP contribution in [0.4, 0.5) is 0 Å². The fourth-order valence-electron chi connectivity index (χ4n) is 9.59. The molecule has 42 heavy (non-hydrogen) atoms. The van der Waals surface area contributed by atoms with E-state index in [0.717, 1.165) is 56.3 Å². The first kappa shape index (κ1) is 25.0. The molecule has 4 atom stereocenters. The predicted octanol–water partition coefficient (Wildman–Crippen LogP) is 6.11. The normalized spacial score (nSPS) is 28.8. The maximum absolute atomic E-state index is 13.4. The van der Waals surface area contributed by atoms with Gasteiger partial charge in [0.25, 0.3) is 0 Å². The third-order valence-electron chi connectivity index (χ3n) is 11.5. The number of nitrogens with zero attached hydrogens (tertiary/aromatic N) is 3. The number of benzene rings is 3. The average Bonchev–Trinajstić information content (AvgIpc) is 3.67. The van der Waals surface area contributed by atoms with Gasteiger partial charge in [-0.15, -0.1) is 0 Å². The van der Waals surface area contributed by atoms with E-state index >= 15 is 0 Å². The lowest BCUT2D eigenvalue weighted by Crippen LogP contribution is -2.74. The summed E-state index contributed by atoms with van der Waals surface area (Å²) >= 11 is 0. The van der Waals surface area contributed by atoms with Crippen LogP contribution in [0.15, 0.2) is 42.5 Å². The molecule has 3 heterocycles. The second-order valence-electron chi connectivity index (χ2n) is 13.5. The number of aryl methyl sites for hydroxylation is 2. The van der Waals surface area contributed by atoms with E-state index in [4.69, 9.17) is 9.47 Å². The highest BCUT2D eigenvalue weighted by Gasteiger charge is 2.73. The van der Waals surface area contributed by atoms with E-state index < -0.39 is 11.0 Å². The van der Waals surface area contributed by atoms with Gasteiger partial charge in [0.05, 0.1) is 35.4 Å². The summed E-state index contributed by atoms with van der Waals surface area (Å²) in [5.74, 6) is 2.35. The van der Waals surface area contributed by atoms with Crippen LogP contribution in [0, 0.1) is 24.2 Å². The lowest BCUT2D eigenvalue weighted by molar-refractivity contribution is -0.173. The van der Waals surface area contributed by atoms with Crippen molar-refractivity contribution in [3.05, 3.63) is 70.4 Å². The number of hydrogen-bond acceptors (Lipinski definition) is 5. The first-order valence-electron chi connectivity index (χ1n) is 15.7. The lowest BCUT2D eigenvalue weighted by atomic mass is 9.49. The van der Waals surface area contributed by atoms with Crippen LogP contribution in [0.25, 0.3) is 21.7 Å². The maximum atomic E-state index is 13.4. The number of aromatic nitrogens is 1. The van der Waals surface area contributed by atoms with Crippen molar-refractivity contribution < 1.29 is 14.6 Å². The summed E-state index contributed by atoms with van der Waals surface area (Å²) in [4.78, 5) is 2.63. The van der Waals surface area contributed by atoms with Crippen LogP contribution in [0.2, 0.25) is 0 Å². The summed E-state index contributed by atoms with van der Waals surface area (Å²) in [6.45, 7) is 5.01. The SMILES string of the molecule is COc1ccc2c3c1OC1c4c(c5cc(C)c6ccccc6c5n4CCCC#N)CC4(O)[C@@H](C2)N(CC2CC2)CC[C@]314. The van der Waals surface area contributed by atoms with E-state index in [0.29, 0.717) is 12.8 Å². The largest absolute Gasteiger partial charge is 0.493 e. The molecule has 2 bridgehead atoms. The maximum Gasteiger partial charge on any atom is 0.166 e. The predicted molar refractivity (Wildman–Crippen MR) is 162 cm³/mol. The van der Waals surface area contributed by atoms with Crippen molar-refractivity contribution in [2.24, 2.45) is 5.92 Å². The van der Waals surface area contributed by atoms with Crippen molar-refractivity contribution in [1.82, 2.24) is 9.47 Å². The van der Waals surface area contributed by atoms with E-state index in [-0.39, 0.29) is 12.1 Å². The molecule has 2 unspecified atom stereocenters. The zero-order valence-corrected chi connectivity index (χ0v) is 24.4. The van der Waals surface area contributed by atoms with E-state index in [1.807, 2.05) is 0 Å². The molecule has 9 rings (SSSR count). The second kappa shape index (κ2) is 8.52. The average molecular weight is 560 g/mol. The Hall–Kier alpha value is -3.53. The fourth-order valence-corrected chi connectivity index (χ4v) is 9.59. The van der Waals surface area contributed by atoms with E-state index in [1.54, 1.807) is 7.11 Å². The smallest absolute Gasteiger partial charge is 0.166 e. The zero-order chi connectivity index (χ0) is 28.4. The minimum atomic E-state index is -0.951. The van der Waals surface area contributed by atoms with E-state index in [9.17, 15) is 10.4 Å². The molecule has 2 fully saturated rings. The topological polar surface area (TPSA) is 70.6 Å². The quantitative estimate of drug-likeness (QED) is 0.289. The van der Waals surface area contributed by atoms with Crippen LogP contribution in [-0.4, -0.2) is 46.4 Å². The minimum Gasteiger partial charge on any atom is -0.493 e. The molecule has 3 aromatic carbocycles. The van der Waals surface area contributed by atoms with Gasteiger partial charge < -0.3 is 19.1 Å². The molecular weight excluding hydrogens is 522 g/mol. The minimum absolute atomic E-state index is 0.0523. The monoisotopic (exact) mass is 559 g/mol. The molecule has 0 amide bonds. The number of hydrogen-bond donors (Lipinski definition) is 1. The Kier molecular flexibility index (Phi) is 5.08. The number of ether oxygens (including phenoxy) is 2. The second-order valence-corrected chi connectivity index (χ2v) is 13.5. The van der Waals surface area contributed by atoms with Crippen molar-refractivity contribution in [1.29, 1.82) is 5.26 Å². The Bertz CT molecular complexity index is 1850. The molecule has 1 spiro atoms. The van der Waals surface area contributed by atoms with E-state index in [2.05, 4.69) is 64.9 Å².